The molecule has 120 valence electrons. The zero-order valence-electron chi connectivity index (χ0n) is 13.0. The molecule has 0 aromatic heterocycles. The van der Waals surface area contributed by atoms with Crippen molar-refractivity contribution in [3.8, 4) is 0 Å². The second-order valence-corrected chi connectivity index (χ2v) is 6.26. The minimum Gasteiger partial charge on any atom is -0.300 e. The van der Waals surface area contributed by atoms with Crippen LogP contribution in [-0.2, 0) is 4.79 Å². The number of nitrogens with one attached hydrogen (secondary N) is 1. The molecule has 0 bridgehead atoms. The predicted octanol–water partition coefficient (Wildman–Crippen LogP) is 4.66. The van der Waals surface area contributed by atoms with Crippen LogP contribution in [0.15, 0.2) is 76.1 Å². The summed E-state index contributed by atoms with van der Waals surface area (Å²) in [5, 5.41) is 3.04. The lowest BCUT2D eigenvalue weighted by molar-refractivity contribution is -0.115. The molecular weight excluding hydrogens is 323 g/mol. The number of thioether (sulfide) groups is 1. The number of nitrogens with zero attached hydrogens (tertiary/aromatic N) is 1. The summed E-state index contributed by atoms with van der Waals surface area (Å²) in [7, 11) is 0. The molecule has 2 aromatic carbocycles. The van der Waals surface area contributed by atoms with Crippen LogP contribution in [0.25, 0.3) is 6.08 Å². The Morgan fingerprint density at radius 3 is 2.58 bits per heavy atom. The molecule has 1 saturated heterocycles. The van der Waals surface area contributed by atoms with Gasteiger partial charge in [-0.05, 0) is 48.0 Å². The Labute approximate surface area is 144 Å². The molecule has 2 aromatic rings. The Morgan fingerprint density at radius 1 is 1.12 bits per heavy atom. The van der Waals surface area contributed by atoms with E-state index in [4.69, 9.17) is 0 Å². The monoisotopic (exact) mass is 338 g/mol. The Bertz CT molecular complexity index is 857. The van der Waals surface area contributed by atoms with E-state index in [0.29, 0.717) is 10.1 Å². The average molecular weight is 338 g/mol. The molecule has 24 heavy (non-hydrogen) atoms. The third-order valence-electron chi connectivity index (χ3n) is 3.28. The van der Waals surface area contributed by atoms with Gasteiger partial charge in [0.1, 0.15) is 11.5 Å². The highest BCUT2D eigenvalue weighted by Gasteiger charge is 2.24. The van der Waals surface area contributed by atoms with Crippen molar-refractivity contribution in [1.82, 2.24) is 5.32 Å². The maximum Gasteiger partial charge on any atom is 0.264 e. The van der Waals surface area contributed by atoms with Crippen molar-refractivity contribution >= 4 is 34.6 Å². The average Bonchev–Trinajstić information content (AvgIpc) is 2.90. The molecule has 1 N–H and O–H groups in total. The number of amides is 1. The number of hydrogen-bond acceptors (Lipinski definition) is 3. The van der Waals surface area contributed by atoms with Gasteiger partial charge in [-0.25, -0.2) is 9.38 Å². The van der Waals surface area contributed by atoms with Crippen molar-refractivity contribution in [2.75, 3.05) is 0 Å². The fourth-order valence-electron chi connectivity index (χ4n) is 2.19. The van der Waals surface area contributed by atoms with Gasteiger partial charge in [-0.2, -0.15) is 0 Å². The lowest BCUT2D eigenvalue weighted by atomic mass is 10.1. The number of halogens is 1. The van der Waals surface area contributed by atoms with Crippen molar-refractivity contribution in [1.29, 1.82) is 0 Å². The molecule has 0 radical (unpaired) electrons. The molecule has 1 aliphatic heterocycles. The first-order valence-electron chi connectivity index (χ1n) is 7.39. The van der Waals surface area contributed by atoms with Crippen LogP contribution in [0.1, 0.15) is 12.5 Å². The highest BCUT2D eigenvalue weighted by Crippen LogP contribution is 2.28. The molecule has 1 aliphatic rings. The summed E-state index contributed by atoms with van der Waals surface area (Å²) >= 11 is 1.20. The van der Waals surface area contributed by atoms with E-state index in [-0.39, 0.29) is 11.6 Å². The Kier molecular flexibility index (Phi) is 4.91. The van der Waals surface area contributed by atoms with Crippen molar-refractivity contribution in [3.63, 3.8) is 0 Å². The lowest BCUT2D eigenvalue weighted by Gasteiger charge is -1.97. The molecule has 1 fully saturated rings. The third kappa shape index (κ3) is 4.00. The number of amidine groups is 1. The second-order valence-electron chi connectivity index (χ2n) is 5.23. The molecule has 3 nitrogen and oxygen atoms in total. The van der Waals surface area contributed by atoms with E-state index in [9.17, 15) is 9.18 Å². The van der Waals surface area contributed by atoms with E-state index in [0.717, 1.165) is 11.1 Å². The van der Waals surface area contributed by atoms with Gasteiger partial charge >= 0.3 is 0 Å². The van der Waals surface area contributed by atoms with E-state index in [1.54, 1.807) is 24.3 Å². The second kappa shape index (κ2) is 7.27. The van der Waals surface area contributed by atoms with E-state index in [2.05, 4.69) is 10.3 Å². The van der Waals surface area contributed by atoms with Crippen LogP contribution in [0.3, 0.4) is 0 Å². The number of rotatable bonds is 3. The van der Waals surface area contributed by atoms with Crippen LogP contribution in [0, 0.1) is 5.82 Å². The summed E-state index contributed by atoms with van der Waals surface area (Å²) in [6.07, 6.45) is 3.80. The van der Waals surface area contributed by atoms with Crippen LogP contribution in [0.4, 0.5) is 10.1 Å². The van der Waals surface area contributed by atoms with Gasteiger partial charge in [0.25, 0.3) is 5.91 Å². The van der Waals surface area contributed by atoms with E-state index < -0.39 is 5.82 Å². The quantitative estimate of drug-likeness (QED) is 0.827. The van der Waals surface area contributed by atoms with Gasteiger partial charge in [0.2, 0.25) is 0 Å². The van der Waals surface area contributed by atoms with Gasteiger partial charge in [-0.3, -0.25) is 4.79 Å². The molecule has 3 rings (SSSR count). The molecule has 1 amide bonds. The maximum atomic E-state index is 13.6. The number of hydrogen-bond donors (Lipinski definition) is 1. The summed E-state index contributed by atoms with van der Waals surface area (Å²) in [4.78, 5) is 16.7. The summed E-state index contributed by atoms with van der Waals surface area (Å²) in [5.74, 6) is -0.645. The van der Waals surface area contributed by atoms with Crippen molar-refractivity contribution in [3.05, 3.63) is 82.5 Å². The maximum absolute atomic E-state index is 13.6. The van der Waals surface area contributed by atoms with Crippen molar-refractivity contribution in [2.24, 2.45) is 4.99 Å². The first kappa shape index (κ1) is 16.2. The van der Waals surface area contributed by atoms with Crippen LogP contribution in [-0.4, -0.2) is 11.1 Å². The number of carbonyl (C=O) groups excluding carboxylic acids is 1. The molecule has 0 atom stereocenters. The predicted molar refractivity (Wildman–Crippen MR) is 97.4 cm³/mol. The van der Waals surface area contributed by atoms with Gasteiger partial charge < -0.3 is 5.32 Å². The highest BCUT2D eigenvalue weighted by molar-refractivity contribution is 8.18. The van der Waals surface area contributed by atoms with Crippen LogP contribution >= 0.6 is 11.8 Å². The lowest BCUT2D eigenvalue weighted by Crippen LogP contribution is -2.19. The number of allylic oxidation sites excluding steroid dienone is 2. The number of para-hydroxylation sites is 1. The zero-order valence-corrected chi connectivity index (χ0v) is 13.8. The molecule has 1 heterocycles. The topological polar surface area (TPSA) is 41.5 Å². The minimum absolute atomic E-state index is 0.207. The van der Waals surface area contributed by atoms with Gasteiger partial charge in [0.15, 0.2) is 5.17 Å². The Morgan fingerprint density at radius 2 is 1.83 bits per heavy atom. The Hall–Kier alpha value is -2.66. The fraction of sp³-hybridized carbons (Fsp3) is 0.0526. The molecule has 0 unspecified atom stereocenters. The van der Waals surface area contributed by atoms with Gasteiger partial charge in [-0.15, -0.1) is 0 Å². The fourth-order valence-corrected chi connectivity index (χ4v) is 3.08. The molecule has 0 saturated carbocycles. The van der Waals surface area contributed by atoms with Crippen LogP contribution in [0.5, 0.6) is 0 Å². The first-order valence-corrected chi connectivity index (χ1v) is 8.21. The number of carbonyl (C=O) groups is 1. The number of benzene rings is 2. The Balaban J connectivity index is 1.80. The van der Waals surface area contributed by atoms with Crippen molar-refractivity contribution in [2.45, 2.75) is 6.92 Å². The SMILES string of the molecule is CC(=C\c1ccccc1)/C=C1/SC(=Nc2ccccc2F)NC1=O. The third-order valence-corrected chi connectivity index (χ3v) is 4.19. The normalized spacial score (nSPS) is 18.2. The van der Waals surface area contributed by atoms with E-state index in [1.165, 1.54) is 17.8 Å². The minimum atomic E-state index is -0.419. The van der Waals surface area contributed by atoms with Crippen LogP contribution in [0.2, 0.25) is 0 Å². The van der Waals surface area contributed by atoms with Gasteiger partial charge in [0, 0.05) is 0 Å². The molecule has 0 spiro atoms. The molecule has 0 aliphatic carbocycles. The van der Waals surface area contributed by atoms with Gasteiger partial charge in [0.05, 0.1) is 4.91 Å². The summed E-state index contributed by atoms with van der Waals surface area (Å²) in [6.45, 7) is 1.93. The van der Waals surface area contributed by atoms with E-state index >= 15 is 0 Å². The largest absolute Gasteiger partial charge is 0.300 e. The van der Waals surface area contributed by atoms with Gasteiger partial charge in [-0.1, -0.05) is 48.5 Å². The molecule has 5 heteroatoms. The summed E-state index contributed by atoms with van der Waals surface area (Å²) in [6, 6.07) is 16.1. The zero-order chi connectivity index (χ0) is 16.9. The first-order chi connectivity index (χ1) is 11.6. The van der Waals surface area contributed by atoms with E-state index in [1.807, 2.05) is 43.3 Å². The summed E-state index contributed by atoms with van der Waals surface area (Å²) < 4.78 is 13.6. The van der Waals surface area contributed by atoms with Crippen molar-refractivity contribution < 1.29 is 9.18 Å². The highest BCUT2D eigenvalue weighted by atomic mass is 32.2. The smallest absolute Gasteiger partial charge is 0.264 e. The standard InChI is InChI=1S/C19H15FN2OS/c1-13(11-14-7-3-2-4-8-14)12-17-18(23)22-19(24-17)21-16-10-6-5-9-15(16)20/h2-12H,1H3,(H,21,22,23)/b13-11+,17-12+. The number of aliphatic imine (C=N–C) groups is 1. The summed E-state index contributed by atoms with van der Waals surface area (Å²) in [5.41, 5.74) is 2.22. The van der Waals surface area contributed by atoms with Crippen LogP contribution < -0.4 is 5.32 Å². The molecular formula is C19H15FN2OS.